The van der Waals surface area contributed by atoms with Gasteiger partial charge in [-0.15, -0.1) is 0 Å². The first-order valence-corrected chi connectivity index (χ1v) is 8.42. The van der Waals surface area contributed by atoms with Crippen molar-refractivity contribution < 1.29 is 9.53 Å². The van der Waals surface area contributed by atoms with Gasteiger partial charge in [0, 0.05) is 14.3 Å². The molecule has 3 nitrogen and oxygen atoms in total. The van der Waals surface area contributed by atoms with Gasteiger partial charge in [-0.1, -0.05) is 18.5 Å². The van der Waals surface area contributed by atoms with Crippen LogP contribution < -0.4 is 10.1 Å². The van der Waals surface area contributed by atoms with E-state index in [1.165, 1.54) is 0 Å². The molecule has 116 valence electrons. The highest BCUT2D eigenvalue weighted by molar-refractivity contribution is 14.1. The molecule has 2 aromatic carbocycles. The van der Waals surface area contributed by atoms with Gasteiger partial charge in [0.25, 0.3) is 5.91 Å². The molecule has 22 heavy (non-hydrogen) atoms. The van der Waals surface area contributed by atoms with E-state index in [4.69, 9.17) is 16.3 Å². The maximum Gasteiger partial charge on any atom is 0.262 e. The summed E-state index contributed by atoms with van der Waals surface area (Å²) in [7, 11) is 0. The Kier molecular flexibility index (Phi) is 6.08. The summed E-state index contributed by atoms with van der Waals surface area (Å²) in [6.07, 6.45) is 0.865. The smallest absolute Gasteiger partial charge is 0.262 e. The van der Waals surface area contributed by atoms with E-state index in [1.54, 1.807) is 12.1 Å². The highest BCUT2D eigenvalue weighted by Gasteiger charge is 2.08. The van der Waals surface area contributed by atoms with Crippen LogP contribution in [0.5, 0.6) is 5.75 Å². The summed E-state index contributed by atoms with van der Waals surface area (Å²) in [5, 5.41) is 3.58. The summed E-state index contributed by atoms with van der Waals surface area (Å²) in [6.45, 7) is 3.93. The summed E-state index contributed by atoms with van der Waals surface area (Å²) in [4.78, 5) is 12.0. The summed E-state index contributed by atoms with van der Waals surface area (Å²) >= 11 is 8.22. The Balaban J connectivity index is 1.97. The second kappa shape index (κ2) is 7.83. The maximum absolute atomic E-state index is 12.0. The lowest BCUT2D eigenvalue weighted by Gasteiger charge is -2.11. The molecule has 0 fully saturated rings. The molecular formula is C17H17ClINO2. The zero-order valence-electron chi connectivity index (χ0n) is 12.5. The van der Waals surface area contributed by atoms with Gasteiger partial charge in [-0.05, 0) is 83.5 Å². The van der Waals surface area contributed by atoms with E-state index in [9.17, 15) is 4.79 Å². The Morgan fingerprint density at radius 3 is 2.73 bits per heavy atom. The van der Waals surface area contributed by atoms with Gasteiger partial charge in [0.2, 0.25) is 0 Å². The van der Waals surface area contributed by atoms with Crippen LogP contribution in [0.2, 0.25) is 5.02 Å². The molecule has 5 heteroatoms. The molecule has 0 saturated heterocycles. The number of nitrogens with one attached hydrogen (secondary N) is 1. The number of halogens is 2. The molecule has 0 unspecified atom stereocenters. The molecular weight excluding hydrogens is 413 g/mol. The van der Waals surface area contributed by atoms with Crippen LogP contribution in [0, 0.1) is 10.5 Å². The fraction of sp³-hybridized carbons (Fsp3) is 0.235. The number of hydrogen-bond acceptors (Lipinski definition) is 2. The monoisotopic (exact) mass is 429 g/mol. The van der Waals surface area contributed by atoms with Crippen LogP contribution in [0.1, 0.15) is 18.1 Å². The number of aryl methyl sites for hydroxylation is 2. The molecule has 0 spiro atoms. The first kappa shape index (κ1) is 17.1. The van der Waals surface area contributed by atoms with Gasteiger partial charge < -0.3 is 10.1 Å². The first-order chi connectivity index (χ1) is 10.5. The average molecular weight is 430 g/mol. The average Bonchev–Trinajstić information content (AvgIpc) is 2.50. The van der Waals surface area contributed by atoms with Gasteiger partial charge in [-0.25, -0.2) is 0 Å². The Morgan fingerprint density at radius 2 is 2.05 bits per heavy atom. The number of rotatable bonds is 5. The molecule has 0 saturated carbocycles. The number of benzene rings is 2. The molecule has 0 atom stereocenters. The number of carbonyl (C=O) groups is 1. The molecule has 0 heterocycles. The van der Waals surface area contributed by atoms with Gasteiger partial charge in [0.1, 0.15) is 5.75 Å². The molecule has 0 aliphatic carbocycles. The highest BCUT2D eigenvalue weighted by Crippen LogP contribution is 2.22. The molecule has 0 aliphatic heterocycles. The summed E-state index contributed by atoms with van der Waals surface area (Å²) in [5.41, 5.74) is 2.87. The molecule has 2 rings (SSSR count). The van der Waals surface area contributed by atoms with Crippen LogP contribution in [0.3, 0.4) is 0 Å². The standard InChI is InChI=1S/C17H17ClINO2/c1-3-12-9-13(19)4-7-16(12)20-17(21)10-22-14-5-6-15(18)11(2)8-14/h4-9H,3,10H2,1-2H3,(H,20,21). The molecule has 0 radical (unpaired) electrons. The molecule has 1 N–H and O–H groups in total. The minimum atomic E-state index is -0.177. The zero-order chi connectivity index (χ0) is 16.1. The molecule has 0 aliphatic rings. The van der Waals surface area contributed by atoms with Gasteiger partial charge in [0.05, 0.1) is 0 Å². The van der Waals surface area contributed by atoms with E-state index < -0.39 is 0 Å². The number of carbonyl (C=O) groups excluding carboxylic acids is 1. The van der Waals surface area contributed by atoms with Gasteiger partial charge in [-0.2, -0.15) is 0 Å². The van der Waals surface area contributed by atoms with Crippen LogP contribution in [0.4, 0.5) is 5.69 Å². The third kappa shape index (κ3) is 4.61. The Morgan fingerprint density at radius 1 is 1.27 bits per heavy atom. The van der Waals surface area contributed by atoms with Crippen LogP contribution >= 0.6 is 34.2 Å². The minimum Gasteiger partial charge on any atom is -0.484 e. The van der Waals surface area contributed by atoms with Gasteiger partial charge in [0.15, 0.2) is 6.61 Å². The number of hydrogen-bond donors (Lipinski definition) is 1. The minimum absolute atomic E-state index is 0.0315. The molecule has 2 aromatic rings. The van der Waals surface area contributed by atoms with Crippen molar-refractivity contribution in [2.24, 2.45) is 0 Å². The zero-order valence-corrected chi connectivity index (χ0v) is 15.4. The Bertz CT molecular complexity index is 688. The highest BCUT2D eigenvalue weighted by atomic mass is 127. The van der Waals surface area contributed by atoms with Crippen molar-refractivity contribution in [2.75, 3.05) is 11.9 Å². The van der Waals surface area contributed by atoms with Crippen molar-refractivity contribution in [3.8, 4) is 5.75 Å². The van der Waals surface area contributed by atoms with Crippen LogP contribution in [-0.2, 0) is 11.2 Å². The van der Waals surface area contributed by atoms with Crippen molar-refractivity contribution >= 4 is 45.8 Å². The lowest BCUT2D eigenvalue weighted by molar-refractivity contribution is -0.118. The van der Waals surface area contributed by atoms with Crippen LogP contribution in [0.15, 0.2) is 36.4 Å². The summed E-state index contributed by atoms with van der Waals surface area (Å²) in [5.74, 6) is 0.457. The normalized spacial score (nSPS) is 10.4. The van der Waals surface area contributed by atoms with Crippen molar-refractivity contribution in [1.82, 2.24) is 0 Å². The Hall–Kier alpha value is -1.27. The fourth-order valence-electron chi connectivity index (χ4n) is 2.02. The quantitative estimate of drug-likeness (QED) is 0.691. The first-order valence-electron chi connectivity index (χ1n) is 6.97. The lowest BCUT2D eigenvalue weighted by Crippen LogP contribution is -2.21. The topological polar surface area (TPSA) is 38.3 Å². The van der Waals surface area contributed by atoms with E-state index in [0.29, 0.717) is 10.8 Å². The van der Waals surface area contributed by atoms with Crippen molar-refractivity contribution in [1.29, 1.82) is 0 Å². The third-order valence-electron chi connectivity index (χ3n) is 3.22. The van der Waals surface area contributed by atoms with Crippen LogP contribution in [-0.4, -0.2) is 12.5 Å². The number of amides is 1. The van der Waals surface area contributed by atoms with E-state index in [0.717, 1.165) is 26.8 Å². The summed E-state index contributed by atoms with van der Waals surface area (Å²) < 4.78 is 6.65. The predicted molar refractivity (Wildman–Crippen MR) is 98.9 cm³/mol. The van der Waals surface area contributed by atoms with E-state index >= 15 is 0 Å². The fourth-order valence-corrected chi connectivity index (χ4v) is 2.69. The number of anilines is 1. The third-order valence-corrected chi connectivity index (χ3v) is 4.32. The van der Waals surface area contributed by atoms with E-state index in [1.807, 2.05) is 25.1 Å². The van der Waals surface area contributed by atoms with Gasteiger partial charge >= 0.3 is 0 Å². The molecule has 0 aromatic heterocycles. The van der Waals surface area contributed by atoms with Gasteiger partial charge in [-0.3, -0.25) is 4.79 Å². The predicted octanol–water partition coefficient (Wildman–Crippen LogP) is 4.83. The maximum atomic E-state index is 12.0. The largest absolute Gasteiger partial charge is 0.484 e. The molecule has 1 amide bonds. The van der Waals surface area contributed by atoms with Crippen molar-refractivity contribution in [2.45, 2.75) is 20.3 Å². The number of ether oxygens (including phenoxy) is 1. The summed E-state index contributed by atoms with van der Waals surface area (Å²) in [6, 6.07) is 11.3. The van der Waals surface area contributed by atoms with Crippen molar-refractivity contribution in [3.63, 3.8) is 0 Å². The van der Waals surface area contributed by atoms with Crippen LogP contribution in [0.25, 0.3) is 0 Å². The second-order valence-corrected chi connectivity index (χ2v) is 6.56. The second-order valence-electron chi connectivity index (χ2n) is 4.90. The SMILES string of the molecule is CCc1cc(I)ccc1NC(=O)COc1ccc(Cl)c(C)c1. The van der Waals surface area contributed by atoms with E-state index in [2.05, 4.69) is 40.9 Å². The van der Waals surface area contributed by atoms with E-state index in [-0.39, 0.29) is 12.5 Å². The van der Waals surface area contributed by atoms with Crippen molar-refractivity contribution in [3.05, 3.63) is 56.1 Å². The lowest BCUT2D eigenvalue weighted by atomic mass is 10.1. The molecule has 0 bridgehead atoms. The Labute approximate surface area is 149 Å².